The Morgan fingerprint density at radius 1 is 1.50 bits per heavy atom. The molecule has 1 aliphatic carbocycles. The van der Waals surface area contributed by atoms with Crippen molar-refractivity contribution in [1.82, 2.24) is 0 Å². The van der Waals surface area contributed by atoms with E-state index in [1.807, 2.05) is 0 Å². The van der Waals surface area contributed by atoms with E-state index in [0.29, 0.717) is 0 Å². The fourth-order valence-corrected chi connectivity index (χ4v) is 1.04. The number of halogens is 4. The lowest BCUT2D eigenvalue weighted by Crippen LogP contribution is -2.09. The van der Waals surface area contributed by atoms with Crippen LogP contribution in [0, 0.1) is 5.92 Å². The summed E-state index contributed by atoms with van der Waals surface area (Å²) >= 11 is 2.83. The van der Waals surface area contributed by atoms with Crippen LogP contribution >= 0.6 is 15.9 Å². The van der Waals surface area contributed by atoms with Crippen LogP contribution in [-0.2, 0) is 0 Å². The van der Waals surface area contributed by atoms with Crippen molar-refractivity contribution in [2.45, 2.75) is 17.4 Å². The van der Waals surface area contributed by atoms with Crippen LogP contribution in [0.3, 0.4) is 0 Å². The Kier molecular flexibility index (Phi) is 1.30. The first-order valence-electron chi connectivity index (χ1n) is 2.09. The second kappa shape index (κ2) is 1.62. The van der Waals surface area contributed by atoms with Gasteiger partial charge in [0.25, 0.3) is 0 Å². The van der Waals surface area contributed by atoms with Gasteiger partial charge in [-0.05, 0) is 6.42 Å². The third-order valence-electron chi connectivity index (χ3n) is 0.981. The molecule has 1 unspecified atom stereocenters. The molecule has 0 aromatic carbocycles. The van der Waals surface area contributed by atoms with Crippen molar-refractivity contribution in [3.05, 3.63) is 5.92 Å². The van der Waals surface area contributed by atoms with Gasteiger partial charge in [-0.3, -0.25) is 0 Å². The fourth-order valence-electron chi connectivity index (χ4n) is 0.427. The highest BCUT2D eigenvalue weighted by molar-refractivity contribution is 9.09. The zero-order chi connectivity index (χ0) is 6.36. The molecular formula is C4H3BrF3. The Hall–Kier alpha value is 0.270. The molecule has 0 nitrogen and oxygen atoms in total. The largest absolute Gasteiger partial charge is 0.396 e. The molecule has 0 amide bonds. The minimum atomic E-state index is -4.05. The molecule has 0 bridgehead atoms. The zero-order valence-corrected chi connectivity index (χ0v) is 5.38. The lowest BCUT2D eigenvalue weighted by molar-refractivity contribution is -0.101. The molecule has 0 aliphatic heterocycles. The van der Waals surface area contributed by atoms with Crippen molar-refractivity contribution < 1.29 is 13.2 Å². The Bertz CT molecular complexity index is 97.9. The Labute approximate surface area is 53.2 Å². The number of alkyl halides is 4. The SMILES string of the molecule is FC(F)(F)[C]1CC1Br. The van der Waals surface area contributed by atoms with Gasteiger partial charge in [-0.2, -0.15) is 13.2 Å². The Morgan fingerprint density at radius 2 is 1.88 bits per heavy atom. The Morgan fingerprint density at radius 3 is 1.88 bits per heavy atom. The van der Waals surface area contributed by atoms with E-state index in [2.05, 4.69) is 15.9 Å². The quantitative estimate of drug-likeness (QED) is 0.511. The van der Waals surface area contributed by atoms with Crippen LogP contribution in [0.25, 0.3) is 0 Å². The van der Waals surface area contributed by atoms with Gasteiger partial charge in [-0.25, -0.2) is 0 Å². The maximum Gasteiger partial charge on any atom is 0.396 e. The molecule has 8 heavy (non-hydrogen) atoms. The van der Waals surface area contributed by atoms with Gasteiger partial charge >= 0.3 is 6.18 Å². The molecular weight excluding hydrogens is 185 g/mol. The van der Waals surface area contributed by atoms with Crippen LogP contribution in [0.1, 0.15) is 6.42 Å². The number of hydrogen-bond donors (Lipinski definition) is 0. The van der Waals surface area contributed by atoms with Crippen LogP contribution in [0.15, 0.2) is 0 Å². The van der Waals surface area contributed by atoms with E-state index in [1.165, 1.54) is 0 Å². The van der Waals surface area contributed by atoms with Crippen molar-refractivity contribution in [2.24, 2.45) is 0 Å². The zero-order valence-electron chi connectivity index (χ0n) is 3.80. The van der Waals surface area contributed by atoms with Crippen molar-refractivity contribution in [1.29, 1.82) is 0 Å². The van der Waals surface area contributed by atoms with Crippen molar-refractivity contribution in [3.8, 4) is 0 Å². The highest BCUT2D eigenvalue weighted by Crippen LogP contribution is 2.51. The summed E-state index contributed by atoms with van der Waals surface area (Å²) in [7, 11) is 0. The maximum atomic E-state index is 11.4. The summed E-state index contributed by atoms with van der Waals surface area (Å²) < 4.78 is 34.3. The molecule has 1 rings (SSSR count). The van der Waals surface area contributed by atoms with Crippen LogP contribution in [-0.4, -0.2) is 11.0 Å². The summed E-state index contributed by atoms with van der Waals surface area (Å²) in [5, 5.41) is 0. The average molecular weight is 188 g/mol. The summed E-state index contributed by atoms with van der Waals surface area (Å²) in [6, 6.07) is 0. The second-order valence-corrected chi connectivity index (χ2v) is 2.80. The second-order valence-electron chi connectivity index (χ2n) is 1.69. The molecule has 1 saturated carbocycles. The normalized spacial score (nSPS) is 30.8. The predicted molar refractivity (Wildman–Crippen MR) is 26.6 cm³/mol. The smallest absolute Gasteiger partial charge is 0.170 e. The van der Waals surface area contributed by atoms with Gasteiger partial charge in [0.05, 0.1) is 5.92 Å². The van der Waals surface area contributed by atoms with Crippen LogP contribution in [0.4, 0.5) is 13.2 Å². The molecule has 47 valence electrons. The van der Waals surface area contributed by atoms with Crippen molar-refractivity contribution in [3.63, 3.8) is 0 Å². The summed E-state index contributed by atoms with van der Waals surface area (Å²) in [4.78, 5) is -0.387. The first-order chi connectivity index (χ1) is 3.52. The van der Waals surface area contributed by atoms with Crippen LogP contribution in [0.2, 0.25) is 0 Å². The molecule has 0 spiro atoms. The third kappa shape index (κ3) is 1.16. The minimum absolute atomic E-state index is 0.170. The molecule has 0 N–H and O–H groups in total. The lowest BCUT2D eigenvalue weighted by atomic mass is 10.4. The summed E-state index contributed by atoms with van der Waals surface area (Å²) in [5.41, 5.74) is 0. The van der Waals surface area contributed by atoms with Gasteiger partial charge in [-0.15, -0.1) is 0 Å². The summed E-state index contributed by atoms with van der Waals surface area (Å²) in [6.45, 7) is 0. The van der Waals surface area contributed by atoms with Gasteiger partial charge in [-0.1, -0.05) is 15.9 Å². The molecule has 1 atom stereocenters. The standard InChI is InChI=1S/C4H3BrF3/c5-3-1-2(3)4(6,7)8/h3H,1H2. The van der Waals surface area contributed by atoms with E-state index in [4.69, 9.17) is 0 Å². The van der Waals surface area contributed by atoms with E-state index in [-0.39, 0.29) is 17.2 Å². The summed E-state index contributed by atoms with van der Waals surface area (Å²) in [6.07, 6.45) is -3.88. The average Bonchev–Trinajstić information content (AvgIpc) is 2.13. The number of rotatable bonds is 0. The Balaban J connectivity index is 2.39. The first-order valence-corrected chi connectivity index (χ1v) is 3.00. The van der Waals surface area contributed by atoms with Crippen LogP contribution in [0.5, 0.6) is 0 Å². The molecule has 0 heterocycles. The summed E-state index contributed by atoms with van der Waals surface area (Å²) in [5.74, 6) is -0.336. The maximum absolute atomic E-state index is 11.4. The van der Waals surface area contributed by atoms with E-state index in [0.717, 1.165) is 0 Å². The number of hydrogen-bond acceptors (Lipinski definition) is 0. The van der Waals surface area contributed by atoms with Gasteiger partial charge in [0, 0.05) is 4.83 Å². The molecule has 1 radical (unpaired) electrons. The molecule has 4 heteroatoms. The van der Waals surface area contributed by atoms with Gasteiger partial charge < -0.3 is 0 Å². The minimum Gasteiger partial charge on any atom is -0.170 e. The van der Waals surface area contributed by atoms with Gasteiger partial charge in [0.1, 0.15) is 0 Å². The molecule has 1 aliphatic rings. The first kappa shape index (κ1) is 6.39. The molecule has 1 fully saturated rings. The van der Waals surface area contributed by atoms with Crippen LogP contribution < -0.4 is 0 Å². The third-order valence-corrected chi connectivity index (χ3v) is 1.86. The molecule has 0 aromatic rings. The van der Waals surface area contributed by atoms with Gasteiger partial charge in [0.15, 0.2) is 0 Å². The monoisotopic (exact) mass is 187 g/mol. The predicted octanol–water partition coefficient (Wildman–Crippen LogP) is 2.29. The van der Waals surface area contributed by atoms with Crippen molar-refractivity contribution in [2.75, 3.05) is 0 Å². The van der Waals surface area contributed by atoms with E-state index in [9.17, 15) is 13.2 Å². The highest BCUT2D eigenvalue weighted by atomic mass is 79.9. The van der Waals surface area contributed by atoms with E-state index >= 15 is 0 Å². The molecule has 0 saturated heterocycles. The van der Waals surface area contributed by atoms with E-state index in [1.54, 1.807) is 0 Å². The van der Waals surface area contributed by atoms with Gasteiger partial charge in [0.2, 0.25) is 0 Å². The fraction of sp³-hybridized carbons (Fsp3) is 0.750. The topological polar surface area (TPSA) is 0 Å². The van der Waals surface area contributed by atoms with E-state index < -0.39 is 6.18 Å². The van der Waals surface area contributed by atoms with Crippen molar-refractivity contribution >= 4 is 15.9 Å². The highest BCUT2D eigenvalue weighted by Gasteiger charge is 2.55. The lowest BCUT2D eigenvalue weighted by Gasteiger charge is -1.99. The molecule has 0 aromatic heterocycles.